The summed E-state index contributed by atoms with van der Waals surface area (Å²) in [6.07, 6.45) is 2.10. The summed E-state index contributed by atoms with van der Waals surface area (Å²) in [4.78, 5) is 25.3. The smallest absolute Gasteiger partial charge is 0.322 e. The number of rotatable bonds is 6. The summed E-state index contributed by atoms with van der Waals surface area (Å²) >= 11 is 0. The van der Waals surface area contributed by atoms with E-state index in [0.29, 0.717) is 12.0 Å². The van der Waals surface area contributed by atoms with Gasteiger partial charge < -0.3 is 15.0 Å². The van der Waals surface area contributed by atoms with Gasteiger partial charge in [-0.2, -0.15) is 15.0 Å². The minimum absolute atomic E-state index is 0.0633. The van der Waals surface area contributed by atoms with Crippen LogP contribution in [-0.2, 0) is 4.79 Å². The summed E-state index contributed by atoms with van der Waals surface area (Å²) < 4.78 is 4.94. The van der Waals surface area contributed by atoms with Gasteiger partial charge in [0.05, 0.1) is 13.7 Å². The van der Waals surface area contributed by atoms with Crippen molar-refractivity contribution in [1.82, 2.24) is 20.3 Å². The Morgan fingerprint density at radius 1 is 1.47 bits per heavy atom. The predicted octanol–water partition coefficient (Wildman–Crippen LogP) is -1.12. The molecule has 1 fully saturated rings. The minimum Gasteiger partial charge on any atom is -0.467 e. The topological polar surface area (TPSA) is 118 Å². The number of likely N-dealkylation sites (N-methyl/N-ethyl adjacent to an activating group) is 1. The Labute approximate surface area is 110 Å². The highest BCUT2D eigenvalue weighted by Gasteiger charge is 2.24. The second-order valence-corrected chi connectivity index (χ2v) is 4.29. The number of hydrogen-bond acceptors (Lipinski definition) is 8. The van der Waals surface area contributed by atoms with Crippen LogP contribution in [0.25, 0.3) is 0 Å². The summed E-state index contributed by atoms with van der Waals surface area (Å²) in [5.41, 5.74) is 2.32. The van der Waals surface area contributed by atoms with Crippen molar-refractivity contribution >= 4 is 17.8 Å². The summed E-state index contributed by atoms with van der Waals surface area (Å²) in [6, 6.07) is 0.461. The van der Waals surface area contributed by atoms with Gasteiger partial charge in [-0.1, -0.05) is 0 Å². The van der Waals surface area contributed by atoms with Crippen molar-refractivity contribution in [1.29, 1.82) is 0 Å². The van der Waals surface area contributed by atoms with E-state index < -0.39 is 0 Å². The fourth-order valence-corrected chi connectivity index (χ4v) is 1.46. The molecule has 1 aliphatic carbocycles. The molecule has 9 nitrogen and oxygen atoms in total. The molecule has 1 aromatic heterocycles. The van der Waals surface area contributed by atoms with E-state index in [1.165, 1.54) is 7.11 Å². The Bertz CT molecular complexity index is 441. The first kappa shape index (κ1) is 13.3. The number of nitrogens with zero attached hydrogens (tertiary/aromatic N) is 4. The van der Waals surface area contributed by atoms with Crippen molar-refractivity contribution in [3.05, 3.63) is 0 Å². The van der Waals surface area contributed by atoms with E-state index in [-0.39, 0.29) is 24.4 Å². The molecule has 1 amide bonds. The van der Waals surface area contributed by atoms with Crippen LogP contribution in [0.4, 0.5) is 11.9 Å². The normalized spacial score (nSPS) is 13.8. The number of carbonyl (C=O) groups is 1. The van der Waals surface area contributed by atoms with Gasteiger partial charge in [-0.05, 0) is 12.8 Å². The Kier molecular flexibility index (Phi) is 3.95. The minimum atomic E-state index is -0.0633. The monoisotopic (exact) mass is 267 g/mol. The first-order chi connectivity index (χ1) is 9.12. The van der Waals surface area contributed by atoms with Crippen LogP contribution in [0.5, 0.6) is 6.01 Å². The molecule has 0 atom stereocenters. The number of anilines is 2. The van der Waals surface area contributed by atoms with Crippen molar-refractivity contribution < 1.29 is 9.53 Å². The first-order valence-corrected chi connectivity index (χ1v) is 5.89. The van der Waals surface area contributed by atoms with Crippen LogP contribution in [0.1, 0.15) is 12.8 Å². The quantitative estimate of drug-likeness (QED) is 0.438. The lowest BCUT2D eigenvalue weighted by molar-refractivity contribution is -0.119. The van der Waals surface area contributed by atoms with Gasteiger partial charge in [0, 0.05) is 13.1 Å². The molecule has 1 heterocycles. The maximum Gasteiger partial charge on any atom is 0.322 e. The Morgan fingerprint density at radius 2 is 2.21 bits per heavy atom. The number of carbonyl (C=O) groups excluding carboxylic acids is 1. The van der Waals surface area contributed by atoms with Crippen LogP contribution in [-0.4, -0.2) is 47.6 Å². The van der Waals surface area contributed by atoms with Crippen molar-refractivity contribution in [2.24, 2.45) is 5.84 Å². The highest BCUT2D eigenvalue weighted by Crippen LogP contribution is 2.18. The van der Waals surface area contributed by atoms with Gasteiger partial charge in [0.25, 0.3) is 0 Å². The second kappa shape index (κ2) is 5.65. The number of hydrazine groups is 1. The summed E-state index contributed by atoms with van der Waals surface area (Å²) in [5.74, 6) is 5.69. The molecular weight excluding hydrogens is 250 g/mol. The molecule has 19 heavy (non-hydrogen) atoms. The fraction of sp³-hybridized carbons (Fsp3) is 0.600. The largest absolute Gasteiger partial charge is 0.467 e. The molecule has 0 unspecified atom stereocenters. The van der Waals surface area contributed by atoms with Gasteiger partial charge in [-0.25, -0.2) is 5.84 Å². The molecule has 0 saturated heterocycles. The van der Waals surface area contributed by atoms with Crippen LogP contribution in [0.15, 0.2) is 0 Å². The summed E-state index contributed by atoms with van der Waals surface area (Å²) in [6.45, 7) is 0.160. The predicted molar refractivity (Wildman–Crippen MR) is 68.6 cm³/mol. The van der Waals surface area contributed by atoms with Gasteiger partial charge in [0.1, 0.15) is 0 Å². The number of nitrogens with two attached hydrogens (primary N) is 1. The van der Waals surface area contributed by atoms with Crippen molar-refractivity contribution in [3.8, 4) is 6.01 Å². The summed E-state index contributed by atoms with van der Waals surface area (Å²) in [5, 5.41) is 2.89. The van der Waals surface area contributed by atoms with E-state index >= 15 is 0 Å². The zero-order valence-electron chi connectivity index (χ0n) is 10.9. The highest BCUT2D eigenvalue weighted by molar-refractivity contribution is 5.81. The number of nitrogen functional groups attached to an aromatic ring is 1. The molecule has 0 bridgehead atoms. The standard InChI is InChI=1S/C10H17N7O2/c1-17(5-7(18)12-6-3-4-6)9-13-8(16-11)14-10(15-9)19-2/h6H,3-5,11H2,1-2H3,(H,12,18)(H,13,14,15,16). The maximum atomic E-state index is 11.7. The molecular formula is C10H17N7O2. The van der Waals surface area contributed by atoms with Crippen LogP contribution >= 0.6 is 0 Å². The third-order valence-corrected chi connectivity index (χ3v) is 2.58. The number of ether oxygens (including phenoxy) is 1. The second-order valence-electron chi connectivity index (χ2n) is 4.29. The maximum absolute atomic E-state index is 11.7. The van der Waals surface area contributed by atoms with Gasteiger partial charge in [-0.3, -0.25) is 10.2 Å². The lowest BCUT2D eigenvalue weighted by Crippen LogP contribution is -2.37. The molecule has 2 rings (SSSR count). The van der Waals surface area contributed by atoms with E-state index in [1.807, 2.05) is 0 Å². The molecule has 0 radical (unpaired) electrons. The van der Waals surface area contributed by atoms with Crippen molar-refractivity contribution in [2.45, 2.75) is 18.9 Å². The Balaban J connectivity index is 2.03. The fourth-order valence-electron chi connectivity index (χ4n) is 1.46. The number of amides is 1. The highest BCUT2D eigenvalue weighted by atomic mass is 16.5. The number of nitrogens with one attached hydrogen (secondary N) is 2. The molecule has 0 aromatic carbocycles. The lowest BCUT2D eigenvalue weighted by Gasteiger charge is -2.17. The molecule has 0 aliphatic heterocycles. The molecule has 104 valence electrons. The molecule has 1 saturated carbocycles. The zero-order chi connectivity index (χ0) is 13.8. The molecule has 9 heteroatoms. The lowest BCUT2D eigenvalue weighted by atomic mass is 10.5. The van der Waals surface area contributed by atoms with Crippen LogP contribution < -0.4 is 26.2 Å². The van der Waals surface area contributed by atoms with Crippen LogP contribution in [0, 0.1) is 0 Å². The Hall–Kier alpha value is -2.16. The van der Waals surface area contributed by atoms with E-state index in [1.54, 1.807) is 11.9 Å². The van der Waals surface area contributed by atoms with E-state index in [0.717, 1.165) is 12.8 Å². The molecule has 1 aliphatic rings. The average Bonchev–Trinajstić information content (AvgIpc) is 3.21. The third-order valence-electron chi connectivity index (χ3n) is 2.58. The molecule has 1 aromatic rings. The first-order valence-electron chi connectivity index (χ1n) is 5.89. The zero-order valence-corrected chi connectivity index (χ0v) is 10.9. The van der Waals surface area contributed by atoms with Crippen LogP contribution in [0.2, 0.25) is 0 Å². The van der Waals surface area contributed by atoms with E-state index in [4.69, 9.17) is 10.6 Å². The van der Waals surface area contributed by atoms with Gasteiger partial charge in [0.15, 0.2) is 0 Å². The SMILES string of the molecule is COc1nc(NN)nc(N(C)CC(=O)NC2CC2)n1. The summed E-state index contributed by atoms with van der Waals surface area (Å²) in [7, 11) is 3.15. The number of aromatic nitrogens is 3. The Morgan fingerprint density at radius 3 is 2.79 bits per heavy atom. The average molecular weight is 267 g/mol. The van der Waals surface area contributed by atoms with Gasteiger partial charge in [-0.15, -0.1) is 0 Å². The van der Waals surface area contributed by atoms with Crippen molar-refractivity contribution in [2.75, 3.05) is 31.0 Å². The van der Waals surface area contributed by atoms with E-state index in [9.17, 15) is 4.79 Å². The van der Waals surface area contributed by atoms with E-state index in [2.05, 4.69) is 25.7 Å². The molecule has 4 N–H and O–H groups in total. The van der Waals surface area contributed by atoms with Gasteiger partial charge >= 0.3 is 6.01 Å². The number of hydrogen-bond donors (Lipinski definition) is 3. The van der Waals surface area contributed by atoms with Crippen molar-refractivity contribution in [3.63, 3.8) is 0 Å². The molecule has 0 spiro atoms. The number of methoxy groups -OCH3 is 1. The van der Waals surface area contributed by atoms with Gasteiger partial charge in [0.2, 0.25) is 17.8 Å². The third kappa shape index (κ3) is 3.65. The van der Waals surface area contributed by atoms with Crippen LogP contribution in [0.3, 0.4) is 0 Å².